The fraction of sp³-hybridized carbons (Fsp3) is 0.727. The number of rotatable bonds is 7. The third kappa shape index (κ3) is 5.19. The second kappa shape index (κ2) is 8.74. The first kappa shape index (κ1) is 14.5. The Morgan fingerprint density at radius 2 is 2.13 bits per heavy atom. The van der Waals surface area contributed by atoms with Crippen molar-refractivity contribution in [3.8, 4) is 0 Å². The van der Waals surface area contributed by atoms with Crippen LogP contribution < -0.4 is 0 Å². The predicted octanol–water partition coefficient (Wildman–Crippen LogP) is 2.40. The van der Waals surface area contributed by atoms with E-state index in [4.69, 9.17) is 16.3 Å². The maximum atomic E-state index is 11.6. The molecule has 0 bridgehead atoms. The average Bonchev–Trinajstić information content (AvgIpc) is 2.27. The van der Waals surface area contributed by atoms with Crippen molar-refractivity contribution in [3.05, 3.63) is 11.8 Å². The Morgan fingerprint density at radius 3 is 2.53 bits per heavy atom. The van der Waals surface area contributed by atoms with Crippen LogP contribution in [0.15, 0.2) is 11.8 Å². The molecule has 0 radical (unpaired) electrons. The molecule has 1 amide bonds. The maximum Gasteiger partial charge on any atom is 0.241 e. The summed E-state index contributed by atoms with van der Waals surface area (Å²) in [4.78, 5) is 13.3. The Balaban J connectivity index is 4.57. The van der Waals surface area contributed by atoms with Crippen molar-refractivity contribution < 1.29 is 9.53 Å². The lowest BCUT2D eigenvalue weighted by molar-refractivity contribution is -0.127. The lowest BCUT2D eigenvalue weighted by Crippen LogP contribution is -2.34. The monoisotopic (exact) mass is 233 g/mol. The molecule has 0 saturated carbocycles. The molecule has 0 aliphatic carbocycles. The van der Waals surface area contributed by atoms with E-state index in [0.717, 1.165) is 18.5 Å². The van der Waals surface area contributed by atoms with Crippen LogP contribution >= 0.6 is 11.6 Å². The highest BCUT2D eigenvalue weighted by Gasteiger charge is 2.14. The van der Waals surface area contributed by atoms with Gasteiger partial charge in [-0.3, -0.25) is 4.79 Å². The molecule has 0 spiro atoms. The Morgan fingerprint density at radius 1 is 1.47 bits per heavy atom. The minimum absolute atomic E-state index is 0.0186. The fourth-order valence-corrected chi connectivity index (χ4v) is 1.51. The zero-order valence-electron chi connectivity index (χ0n) is 9.75. The third-order valence-corrected chi connectivity index (χ3v) is 2.31. The fourth-order valence-electron chi connectivity index (χ4n) is 1.36. The van der Waals surface area contributed by atoms with Crippen molar-refractivity contribution >= 4 is 17.5 Å². The first-order valence-electron chi connectivity index (χ1n) is 5.25. The summed E-state index contributed by atoms with van der Waals surface area (Å²) in [7, 11) is 1.62. The number of ether oxygens (including phenoxy) is 1. The SMILES string of the molecule is CCC=C(CC)N(CCOC)C(=O)CCl. The van der Waals surface area contributed by atoms with E-state index in [0.29, 0.717) is 13.2 Å². The number of carbonyl (C=O) groups is 1. The number of hydrogen-bond acceptors (Lipinski definition) is 2. The molecule has 0 aromatic rings. The summed E-state index contributed by atoms with van der Waals surface area (Å²) in [6, 6.07) is 0. The van der Waals surface area contributed by atoms with Crippen molar-refractivity contribution in [1.29, 1.82) is 0 Å². The molecule has 4 heteroatoms. The number of carbonyl (C=O) groups excluding carboxylic acids is 1. The van der Waals surface area contributed by atoms with Gasteiger partial charge in [0.25, 0.3) is 0 Å². The highest BCUT2D eigenvalue weighted by atomic mass is 35.5. The summed E-state index contributed by atoms with van der Waals surface area (Å²) in [5.41, 5.74) is 1.03. The number of methoxy groups -OCH3 is 1. The van der Waals surface area contributed by atoms with Gasteiger partial charge < -0.3 is 9.64 Å². The van der Waals surface area contributed by atoms with Crippen LogP contribution in [0.3, 0.4) is 0 Å². The van der Waals surface area contributed by atoms with Crippen LogP contribution in [0, 0.1) is 0 Å². The molecule has 0 aromatic heterocycles. The maximum absolute atomic E-state index is 11.6. The van der Waals surface area contributed by atoms with Crippen molar-refractivity contribution in [2.45, 2.75) is 26.7 Å². The second-order valence-corrected chi connectivity index (χ2v) is 3.40. The van der Waals surface area contributed by atoms with Crippen molar-refractivity contribution in [2.24, 2.45) is 0 Å². The van der Waals surface area contributed by atoms with Gasteiger partial charge in [0.2, 0.25) is 5.91 Å². The van der Waals surface area contributed by atoms with E-state index in [1.54, 1.807) is 12.0 Å². The van der Waals surface area contributed by atoms with Crippen molar-refractivity contribution in [2.75, 3.05) is 26.1 Å². The Labute approximate surface area is 97.0 Å². The van der Waals surface area contributed by atoms with Gasteiger partial charge in [0, 0.05) is 19.4 Å². The molecule has 0 fully saturated rings. The van der Waals surface area contributed by atoms with E-state index in [1.165, 1.54) is 0 Å². The molecule has 0 N–H and O–H groups in total. The number of nitrogens with zero attached hydrogens (tertiary/aromatic N) is 1. The van der Waals surface area contributed by atoms with Gasteiger partial charge in [-0.25, -0.2) is 0 Å². The largest absolute Gasteiger partial charge is 0.383 e. The molecule has 0 unspecified atom stereocenters. The van der Waals surface area contributed by atoms with Gasteiger partial charge in [-0.1, -0.05) is 19.9 Å². The Kier molecular flexibility index (Phi) is 8.43. The van der Waals surface area contributed by atoms with Gasteiger partial charge in [0.15, 0.2) is 0 Å². The van der Waals surface area contributed by atoms with Gasteiger partial charge in [-0.05, 0) is 12.8 Å². The summed E-state index contributed by atoms with van der Waals surface area (Å²) in [6.07, 6.45) is 3.81. The first-order chi connectivity index (χ1) is 7.21. The third-order valence-electron chi connectivity index (χ3n) is 2.08. The van der Waals surface area contributed by atoms with E-state index in [1.807, 2.05) is 6.92 Å². The molecule has 0 atom stereocenters. The molecule has 0 rings (SSSR count). The normalized spacial score (nSPS) is 11.6. The van der Waals surface area contributed by atoms with Crippen LogP contribution in [0.4, 0.5) is 0 Å². The minimum atomic E-state index is -0.0599. The summed E-state index contributed by atoms with van der Waals surface area (Å²) in [6.45, 7) is 5.18. The van der Waals surface area contributed by atoms with Gasteiger partial charge >= 0.3 is 0 Å². The minimum Gasteiger partial charge on any atom is -0.383 e. The predicted molar refractivity (Wildman–Crippen MR) is 63.0 cm³/mol. The van der Waals surface area contributed by atoms with Crippen molar-refractivity contribution in [1.82, 2.24) is 4.90 Å². The number of allylic oxidation sites excluding steroid dienone is 2. The zero-order valence-corrected chi connectivity index (χ0v) is 10.5. The molecule has 0 aliphatic heterocycles. The second-order valence-electron chi connectivity index (χ2n) is 3.13. The van der Waals surface area contributed by atoms with E-state index in [-0.39, 0.29) is 11.8 Å². The van der Waals surface area contributed by atoms with Crippen LogP contribution in [-0.4, -0.2) is 36.9 Å². The number of hydrogen-bond donors (Lipinski definition) is 0. The van der Waals surface area contributed by atoms with E-state index >= 15 is 0 Å². The molecule has 0 aliphatic rings. The smallest absolute Gasteiger partial charge is 0.241 e. The van der Waals surface area contributed by atoms with Crippen LogP contribution in [0.1, 0.15) is 26.7 Å². The topological polar surface area (TPSA) is 29.5 Å². The van der Waals surface area contributed by atoms with Gasteiger partial charge in [-0.2, -0.15) is 0 Å². The van der Waals surface area contributed by atoms with Crippen LogP contribution in [0.5, 0.6) is 0 Å². The standard InChI is InChI=1S/C11H20ClNO2/c1-4-6-10(5-2)13(7-8-15-3)11(14)9-12/h6H,4-5,7-9H2,1-3H3. The molecule has 0 heterocycles. The summed E-state index contributed by atoms with van der Waals surface area (Å²) in [5, 5.41) is 0. The van der Waals surface area contributed by atoms with Crippen LogP contribution in [0.2, 0.25) is 0 Å². The number of amides is 1. The van der Waals surface area contributed by atoms with E-state index < -0.39 is 0 Å². The van der Waals surface area contributed by atoms with Gasteiger partial charge in [0.1, 0.15) is 5.88 Å². The molecule has 15 heavy (non-hydrogen) atoms. The van der Waals surface area contributed by atoms with E-state index in [9.17, 15) is 4.79 Å². The zero-order chi connectivity index (χ0) is 11.7. The summed E-state index contributed by atoms with van der Waals surface area (Å²) < 4.78 is 4.98. The summed E-state index contributed by atoms with van der Waals surface area (Å²) >= 11 is 5.57. The molecular weight excluding hydrogens is 214 g/mol. The van der Waals surface area contributed by atoms with Crippen LogP contribution in [0.25, 0.3) is 0 Å². The number of halogens is 1. The highest BCUT2D eigenvalue weighted by molar-refractivity contribution is 6.27. The van der Waals surface area contributed by atoms with E-state index in [2.05, 4.69) is 13.0 Å². The Hall–Kier alpha value is -0.540. The van der Waals surface area contributed by atoms with Gasteiger partial charge in [-0.15, -0.1) is 11.6 Å². The quantitative estimate of drug-likeness (QED) is 0.632. The molecule has 3 nitrogen and oxygen atoms in total. The lowest BCUT2D eigenvalue weighted by atomic mass is 10.2. The first-order valence-corrected chi connectivity index (χ1v) is 5.78. The Bertz CT molecular complexity index is 217. The summed E-state index contributed by atoms with van der Waals surface area (Å²) in [5.74, 6) is -0.0413. The highest BCUT2D eigenvalue weighted by Crippen LogP contribution is 2.11. The number of alkyl halides is 1. The lowest BCUT2D eigenvalue weighted by Gasteiger charge is -2.24. The molecular formula is C11H20ClNO2. The molecule has 88 valence electrons. The average molecular weight is 234 g/mol. The van der Waals surface area contributed by atoms with Crippen LogP contribution in [-0.2, 0) is 9.53 Å². The molecule has 0 aromatic carbocycles. The van der Waals surface area contributed by atoms with Gasteiger partial charge in [0.05, 0.1) is 6.61 Å². The van der Waals surface area contributed by atoms with Crippen molar-refractivity contribution in [3.63, 3.8) is 0 Å². The molecule has 0 saturated heterocycles.